The highest BCUT2D eigenvalue weighted by molar-refractivity contribution is 7.89. The summed E-state index contributed by atoms with van der Waals surface area (Å²) < 4.78 is 36.7. The van der Waals surface area contributed by atoms with Gasteiger partial charge in [-0.15, -0.1) is 0 Å². The second kappa shape index (κ2) is 7.74. The number of hydrogen-bond acceptors (Lipinski definition) is 7. The number of aromatic nitrogens is 1. The number of nitrogens with one attached hydrogen (secondary N) is 1. The number of sulfonamides is 1. The molecule has 0 aliphatic carbocycles. The Morgan fingerprint density at radius 1 is 1.07 bits per heavy atom. The lowest BCUT2D eigenvalue weighted by Gasteiger charge is -2.10. The Labute approximate surface area is 166 Å². The highest BCUT2D eigenvalue weighted by atomic mass is 32.2. The van der Waals surface area contributed by atoms with Crippen molar-refractivity contribution in [3.8, 4) is 11.5 Å². The molecule has 0 aliphatic rings. The van der Waals surface area contributed by atoms with E-state index in [1.165, 1.54) is 45.7 Å². The molecule has 3 rings (SSSR count). The number of methoxy groups -OCH3 is 2. The van der Waals surface area contributed by atoms with Crippen LogP contribution in [0.2, 0.25) is 0 Å². The number of nitrogens with zero attached hydrogens (tertiary/aromatic N) is 2. The van der Waals surface area contributed by atoms with Crippen LogP contribution in [0.4, 0.5) is 5.13 Å². The first-order chi connectivity index (χ1) is 13.3. The maximum absolute atomic E-state index is 12.5. The summed E-state index contributed by atoms with van der Waals surface area (Å²) in [5.74, 6) is 0.604. The molecule has 1 aromatic heterocycles. The lowest BCUT2D eigenvalue weighted by Crippen LogP contribution is -2.22. The lowest BCUT2D eigenvalue weighted by molar-refractivity contribution is 0.102. The lowest BCUT2D eigenvalue weighted by atomic mass is 10.2. The Balaban J connectivity index is 1.88. The van der Waals surface area contributed by atoms with Crippen LogP contribution in [0, 0.1) is 0 Å². The van der Waals surface area contributed by atoms with Gasteiger partial charge in [-0.25, -0.2) is 17.7 Å². The molecular weight excluding hydrogens is 402 g/mol. The molecular formula is C18H19N3O5S2. The van der Waals surface area contributed by atoms with Crippen molar-refractivity contribution in [2.24, 2.45) is 0 Å². The zero-order valence-electron chi connectivity index (χ0n) is 15.7. The number of fused-ring (bicyclic) bond motifs is 1. The van der Waals surface area contributed by atoms with Gasteiger partial charge in [0, 0.05) is 19.7 Å². The van der Waals surface area contributed by atoms with Crippen LogP contribution >= 0.6 is 11.3 Å². The van der Waals surface area contributed by atoms with Gasteiger partial charge in [-0.3, -0.25) is 10.1 Å². The van der Waals surface area contributed by atoms with Crippen LogP contribution in [0.15, 0.2) is 41.3 Å². The number of amides is 1. The average molecular weight is 422 g/mol. The summed E-state index contributed by atoms with van der Waals surface area (Å²) in [7, 11) is 2.42. The van der Waals surface area contributed by atoms with Gasteiger partial charge in [0.2, 0.25) is 10.0 Å². The molecule has 0 bridgehead atoms. The predicted octanol–water partition coefficient (Wildman–Crippen LogP) is 2.82. The third-order valence-corrected chi connectivity index (χ3v) is 6.75. The van der Waals surface area contributed by atoms with Gasteiger partial charge in [0.15, 0.2) is 16.6 Å². The van der Waals surface area contributed by atoms with E-state index in [9.17, 15) is 13.2 Å². The van der Waals surface area contributed by atoms with E-state index < -0.39 is 10.0 Å². The van der Waals surface area contributed by atoms with Crippen molar-refractivity contribution in [1.82, 2.24) is 9.29 Å². The van der Waals surface area contributed by atoms with Gasteiger partial charge < -0.3 is 9.47 Å². The fourth-order valence-corrected chi connectivity index (χ4v) is 4.38. The molecule has 0 saturated heterocycles. The van der Waals surface area contributed by atoms with E-state index in [4.69, 9.17) is 9.47 Å². The number of carbonyl (C=O) groups is 1. The summed E-state index contributed by atoms with van der Waals surface area (Å²) in [5, 5.41) is 3.10. The molecule has 8 nitrogen and oxygen atoms in total. The van der Waals surface area contributed by atoms with E-state index in [-0.39, 0.29) is 10.8 Å². The molecule has 1 N–H and O–H groups in total. The van der Waals surface area contributed by atoms with Gasteiger partial charge in [-0.05, 0) is 36.4 Å². The minimum Gasteiger partial charge on any atom is -0.493 e. The minimum atomic E-state index is -3.54. The maximum Gasteiger partial charge on any atom is 0.257 e. The fourth-order valence-electron chi connectivity index (χ4n) is 2.48. The molecule has 1 heterocycles. The van der Waals surface area contributed by atoms with Crippen molar-refractivity contribution in [2.75, 3.05) is 33.6 Å². The van der Waals surface area contributed by atoms with Gasteiger partial charge in [-0.1, -0.05) is 11.3 Å². The van der Waals surface area contributed by atoms with Crippen LogP contribution in [0.25, 0.3) is 10.2 Å². The molecule has 3 aromatic rings. The van der Waals surface area contributed by atoms with Crippen molar-refractivity contribution >= 4 is 42.6 Å². The van der Waals surface area contributed by atoms with Crippen molar-refractivity contribution in [1.29, 1.82) is 0 Å². The van der Waals surface area contributed by atoms with Gasteiger partial charge >= 0.3 is 0 Å². The smallest absolute Gasteiger partial charge is 0.257 e. The predicted molar refractivity (Wildman–Crippen MR) is 108 cm³/mol. The van der Waals surface area contributed by atoms with Gasteiger partial charge in [-0.2, -0.15) is 0 Å². The number of ether oxygens (including phenoxy) is 2. The molecule has 28 heavy (non-hydrogen) atoms. The highest BCUT2D eigenvalue weighted by Crippen LogP contribution is 2.30. The number of rotatable bonds is 6. The zero-order chi connectivity index (χ0) is 20.5. The largest absolute Gasteiger partial charge is 0.493 e. The third-order valence-electron chi connectivity index (χ3n) is 4.00. The molecule has 0 spiro atoms. The topological polar surface area (TPSA) is 97.8 Å². The summed E-state index contributed by atoms with van der Waals surface area (Å²) >= 11 is 1.20. The van der Waals surface area contributed by atoms with E-state index in [0.29, 0.717) is 32.4 Å². The second-order valence-corrected chi connectivity index (χ2v) is 9.14. The van der Waals surface area contributed by atoms with Crippen molar-refractivity contribution < 1.29 is 22.7 Å². The van der Waals surface area contributed by atoms with Crippen LogP contribution in [-0.2, 0) is 10.0 Å². The number of benzene rings is 2. The first-order valence-electron chi connectivity index (χ1n) is 8.12. The maximum atomic E-state index is 12.5. The quantitative estimate of drug-likeness (QED) is 0.657. The van der Waals surface area contributed by atoms with E-state index in [1.54, 1.807) is 30.3 Å². The highest BCUT2D eigenvalue weighted by Gasteiger charge is 2.19. The normalized spacial score (nSPS) is 11.6. The summed E-state index contributed by atoms with van der Waals surface area (Å²) in [6.07, 6.45) is 0. The zero-order valence-corrected chi connectivity index (χ0v) is 17.3. The molecule has 2 aromatic carbocycles. The summed E-state index contributed by atoms with van der Waals surface area (Å²) in [6.45, 7) is 0. The van der Waals surface area contributed by atoms with E-state index >= 15 is 0 Å². The van der Waals surface area contributed by atoms with E-state index in [0.717, 1.165) is 4.31 Å². The van der Waals surface area contributed by atoms with Crippen LogP contribution in [-0.4, -0.2) is 51.9 Å². The molecule has 0 fully saturated rings. The molecule has 0 atom stereocenters. The number of hydrogen-bond donors (Lipinski definition) is 1. The summed E-state index contributed by atoms with van der Waals surface area (Å²) in [5.41, 5.74) is 0.984. The molecule has 1 amide bonds. The molecule has 0 saturated carbocycles. The minimum absolute atomic E-state index is 0.173. The summed E-state index contributed by atoms with van der Waals surface area (Å²) in [4.78, 5) is 17.0. The van der Waals surface area contributed by atoms with Gasteiger partial charge in [0.1, 0.15) is 0 Å². The van der Waals surface area contributed by atoms with E-state index in [1.807, 2.05) is 0 Å². The Bertz CT molecular complexity index is 1140. The third kappa shape index (κ3) is 3.79. The number of anilines is 1. The second-order valence-electron chi connectivity index (χ2n) is 5.96. The van der Waals surface area contributed by atoms with Gasteiger partial charge in [0.25, 0.3) is 5.91 Å². The van der Waals surface area contributed by atoms with E-state index in [2.05, 4.69) is 10.3 Å². The van der Waals surface area contributed by atoms with Crippen LogP contribution < -0.4 is 14.8 Å². The Hall–Kier alpha value is -2.69. The Morgan fingerprint density at radius 2 is 1.79 bits per heavy atom. The van der Waals surface area contributed by atoms with Crippen molar-refractivity contribution in [3.63, 3.8) is 0 Å². The molecule has 0 radical (unpaired) electrons. The molecule has 0 aliphatic heterocycles. The Morgan fingerprint density at radius 3 is 2.43 bits per heavy atom. The van der Waals surface area contributed by atoms with Crippen molar-refractivity contribution in [2.45, 2.75) is 4.90 Å². The van der Waals surface area contributed by atoms with Crippen molar-refractivity contribution in [3.05, 3.63) is 42.0 Å². The SMILES string of the molecule is COc1ccc(C(=O)Nc2nc3ccc(S(=O)(=O)N(C)C)cc3s2)cc1OC. The Kier molecular flexibility index (Phi) is 5.54. The van der Waals surface area contributed by atoms with Crippen LogP contribution in [0.3, 0.4) is 0 Å². The number of thiazole rings is 1. The van der Waals surface area contributed by atoms with Gasteiger partial charge in [0.05, 0.1) is 29.3 Å². The first kappa shape index (κ1) is 20.1. The summed E-state index contributed by atoms with van der Waals surface area (Å²) in [6, 6.07) is 9.50. The molecule has 0 unspecified atom stereocenters. The molecule has 148 valence electrons. The van der Waals surface area contributed by atoms with Crippen LogP contribution in [0.5, 0.6) is 11.5 Å². The molecule has 10 heteroatoms. The first-order valence-corrected chi connectivity index (χ1v) is 10.4. The number of carbonyl (C=O) groups excluding carboxylic acids is 1. The monoisotopic (exact) mass is 421 g/mol. The average Bonchev–Trinajstić information content (AvgIpc) is 3.08. The standard InChI is InChI=1S/C18H19N3O5S2/c1-21(2)28(23,24)12-6-7-13-16(10-12)27-18(19-13)20-17(22)11-5-8-14(25-3)15(9-11)26-4/h5-10H,1-4H3,(H,19,20,22). The van der Waals surface area contributed by atoms with Crippen LogP contribution in [0.1, 0.15) is 10.4 Å². The fraction of sp³-hybridized carbons (Fsp3) is 0.222.